The Morgan fingerprint density at radius 1 is 1.19 bits per heavy atom. The summed E-state index contributed by atoms with van der Waals surface area (Å²) < 4.78 is 5.68. The van der Waals surface area contributed by atoms with Crippen LogP contribution in [0.5, 0.6) is 5.75 Å². The summed E-state index contributed by atoms with van der Waals surface area (Å²) in [7, 11) is 1.78. The maximum absolute atomic E-state index is 5.68. The van der Waals surface area contributed by atoms with Gasteiger partial charge >= 0.3 is 0 Å². The molecule has 0 spiro atoms. The van der Waals surface area contributed by atoms with Gasteiger partial charge in [-0.3, -0.25) is 4.99 Å². The minimum absolute atomic E-state index is 0.00358. The first-order valence-corrected chi connectivity index (χ1v) is 7.51. The van der Waals surface area contributed by atoms with Gasteiger partial charge in [0.2, 0.25) is 0 Å². The Morgan fingerprint density at radius 2 is 1.81 bits per heavy atom. The number of ether oxygens (including phenoxy) is 1. The largest absolute Gasteiger partial charge is 0.493 e. The molecule has 0 atom stereocenters. The molecule has 0 saturated carbocycles. The summed E-state index contributed by atoms with van der Waals surface area (Å²) in [5, 5.41) is 6.64. The lowest BCUT2D eigenvalue weighted by atomic mass is 10.1. The van der Waals surface area contributed by atoms with Gasteiger partial charge in [0.15, 0.2) is 5.96 Å². The third-order valence-corrected chi connectivity index (χ3v) is 2.68. The van der Waals surface area contributed by atoms with Gasteiger partial charge in [-0.1, -0.05) is 26.0 Å². The second-order valence-corrected chi connectivity index (χ2v) is 6.65. The van der Waals surface area contributed by atoms with Crippen LogP contribution >= 0.6 is 0 Å². The molecule has 1 rings (SSSR count). The molecule has 0 saturated heterocycles. The zero-order chi connectivity index (χ0) is 15.9. The molecular weight excluding hydrogens is 262 g/mol. The second-order valence-electron chi connectivity index (χ2n) is 6.65. The smallest absolute Gasteiger partial charge is 0.191 e. The van der Waals surface area contributed by atoms with E-state index in [4.69, 9.17) is 4.74 Å². The van der Waals surface area contributed by atoms with E-state index < -0.39 is 0 Å². The van der Waals surface area contributed by atoms with Crippen LogP contribution in [0.25, 0.3) is 0 Å². The van der Waals surface area contributed by atoms with Crippen LogP contribution < -0.4 is 15.4 Å². The number of nitrogens with one attached hydrogen (secondary N) is 2. The first-order valence-electron chi connectivity index (χ1n) is 7.51. The van der Waals surface area contributed by atoms with Crippen LogP contribution in [0.4, 0.5) is 0 Å². The van der Waals surface area contributed by atoms with E-state index in [1.54, 1.807) is 7.05 Å². The standard InChI is InChI=1S/C17H29N3O/c1-13(2)12-21-15-9-7-14(8-10-15)11-19-16(18-6)20-17(3,4)5/h7-10,13H,11-12H2,1-6H3,(H2,18,19,20). The van der Waals surface area contributed by atoms with Crippen molar-refractivity contribution in [3.63, 3.8) is 0 Å². The Bertz CT molecular complexity index is 444. The van der Waals surface area contributed by atoms with Gasteiger partial charge in [-0.25, -0.2) is 0 Å². The van der Waals surface area contributed by atoms with Gasteiger partial charge in [-0.15, -0.1) is 0 Å². The van der Waals surface area contributed by atoms with Gasteiger partial charge < -0.3 is 15.4 Å². The van der Waals surface area contributed by atoms with E-state index in [0.29, 0.717) is 5.92 Å². The van der Waals surface area contributed by atoms with Crippen LogP contribution in [-0.4, -0.2) is 25.2 Å². The molecule has 1 aromatic carbocycles. The van der Waals surface area contributed by atoms with Crippen molar-refractivity contribution in [1.82, 2.24) is 10.6 Å². The molecule has 1 aromatic rings. The van der Waals surface area contributed by atoms with E-state index in [9.17, 15) is 0 Å². The lowest BCUT2D eigenvalue weighted by molar-refractivity contribution is 0.271. The van der Waals surface area contributed by atoms with Gasteiger partial charge in [0, 0.05) is 19.1 Å². The van der Waals surface area contributed by atoms with Crippen molar-refractivity contribution in [2.75, 3.05) is 13.7 Å². The Balaban J connectivity index is 2.48. The summed E-state index contributed by atoms with van der Waals surface area (Å²) in [4.78, 5) is 4.22. The highest BCUT2D eigenvalue weighted by molar-refractivity contribution is 5.80. The summed E-state index contributed by atoms with van der Waals surface area (Å²) in [6.07, 6.45) is 0. The highest BCUT2D eigenvalue weighted by Gasteiger charge is 2.11. The number of benzene rings is 1. The maximum Gasteiger partial charge on any atom is 0.191 e. The third-order valence-electron chi connectivity index (χ3n) is 2.68. The topological polar surface area (TPSA) is 45.7 Å². The zero-order valence-electron chi connectivity index (χ0n) is 14.2. The van der Waals surface area contributed by atoms with E-state index in [1.165, 1.54) is 5.56 Å². The predicted molar refractivity (Wildman–Crippen MR) is 89.9 cm³/mol. The molecule has 0 aromatic heterocycles. The molecule has 0 aliphatic rings. The Morgan fingerprint density at radius 3 is 2.29 bits per heavy atom. The molecular formula is C17H29N3O. The molecule has 118 valence electrons. The molecule has 4 nitrogen and oxygen atoms in total. The van der Waals surface area contributed by atoms with Crippen LogP contribution in [0.15, 0.2) is 29.3 Å². The fourth-order valence-corrected chi connectivity index (χ4v) is 1.69. The summed E-state index contributed by atoms with van der Waals surface area (Å²) in [5.74, 6) is 2.27. The molecule has 21 heavy (non-hydrogen) atoms. The minimum Gasteiger partial charge on any atom is -0.493 e. The van der Waals surface area contributed by atoms with Gasteiger partial charge in [-0.2, -0.15) is 0 Å². The van der Waals surface area contributed by atoms with Crippen molar-refractivity contribution >= 4 is 5.96 Å². The zero-order valence-corrected chi connectivity index (χ0v) is 14.2. The van der Waals surface area contributed by atoms with Crippen molar-refractivity contribution in [3.8, 4) is 5.75 Å². The quantitative estimate of drug-likeness (QED) is 0.647. The molecule has 0 aliphatic heterocycles. The van der Waals surface area contributed by atoms with E-state index >= 15 is 0 Å². The molecule has 0 fully saturated rings. The first-order chi connectivity index (χ1) is 9.80. The van der Waals surface area contributed by atoms with E-state index in [2.05, 4.69) is 62.4 Å². The molecule has 0 amide bonds. The van der Waals surface area contributed by atoms with Gasteiger partial charge in [0.05, 0.1) is 6.61 Å². The Hall–Kier alpha value is -1.71. The van der Waals surface area contributed by atoms with E-state index in [1.807, 2.05) is 12.1 Å². The number of hydrogen-bond donors (Lipinski definition) is 2. The van der Waals surface area contributed by atoms with Crippen LogP contribution in [0.1, 0.15) is 40.2 Å². The summed E-state index contributed by atoms with van der Waals surface area (Å²) >= 11 is 0. The van der Waals surface area contributed by atoms with E-state index in [-0.39, 0.29) is 5.54 Å². The number of nitrogens with zero attached hydrogens (tertiary/aromatic N) is 1. The van der Waals surface area contributed by atoms with Crippen molar-refractivity contribution in [3.05, 3.63) is 29.8 Å². The monoisotopic (exact) mass is 291 g/mol. The van der Waals surface area contributed by atoms with Gasteiger partial charge in [-0.05, 0) is 44.4 Å². The fraction of sp³-hybridized carbons (Fsp3) is 0.588. The lowest BCUT2D eigenvalue weighted by Gasteiger charge is -2.23. The number of aliphatic imine (C=N–C) groups is 1. The highest BCUT2D eigenvalue weighted by Crippen LogP contribution is 2.13. The first kappa shape index (κ1) is 17.3. The molecule has 0 bridgehead atoms. The molecule has 4 heteroatoms. The summed E-state index contributed by atoms with van der Waals surface area (Å²) in [5.41, 5.74) is 1.19. The van der Waals surface area contributed by atoms with Crippen molar-refractivity contribution < 1.29 is 4.74 Å². The van der Waals surface area contributed by atoms with Gasteiger partial charge in [0.1, 0.15) is 5.75 Å². The average Bonchev–Trinajstić information content (AvgIpc) is 2.41. The lowest BCUT2D eigenvalue weighted by Crippen LogP contribution is -2.47. The van der Waals surface area contributed by atoms with Crippen LogP contribution in [0.2, 0.25) is 0 Å². The normalized spacial score (nSPS) is 12.4. The highest BCUT2D eigenvalue weighted by atomic mass is 16.5. The molecule has 2 N–H and O–H groups in total. The number of hydrogen-bond acceptors (Lipinski definition) is 2. The fourth-order valence-electron chi connectivity index (χ4n) is 1.69. The van der Waals surface area contributed by atoms with E-state index in [0.717, 1.165) is 24.9 Å². The van der Waals surface area contributed by atoms with Crippen molar-refractivity contribution in [2.45, 2.75) is 46.7 Å². The summed E-state index contributed by atoms with van der Waals surface area (Å²) in [6, 6.07) is 8.18. The molecule has 0 unspecified atom stereocenters. The number of guanidine groups is 1. The molecule has 0 radical (unpaired) electrons. The van der Waals surface area contributed by atoms with Crippen LogP contribution in [-0.2, 0) is 6.54 Å². The maximum atomic E-state index is 5.68. The SMILES string of the molecule is CN=C(NCc1ccc(OCC(C)C)cc1)NC(C)(C)C. The Kier molecular flexibility index (Phi) is 6.53. The summed E-state index contributed by atoms with van der Waals surface area (Å²) in [6.45, 7) is 12.1. The Labute approximate surface area is 129 Å². The number of rotatable bonds is 5. The minimum atomic E-state index is -0.00358. The van der Waals surface area contributed by atoms with Crippen LogP contribution in [0, 0.1) is 5.92 Å². The third kappa shape index (κ3) is 7.59. The van der Waals surface area contributed by atoms with Crippen molar-refractivity contribution in [2.24, 2.45) is 10.9 Å². The van der Waals surface area contributed by atoms with Crippen LogP contribution in [0.3, 0.4) is 0 Å². The predicted octanol–water partition coefficient (Wildman–Crippen LogP) is 3.18. The molecule has 0 heterocycles. The average molecular weight is 291 g/mol. The second kappa shape index (κ2) is 7.91. The van der Waals surface area contributed by atoms with Crippen molar-refractivity contribution in [1.29, 1.82) is 0 Å². The van der Waals surface area contributed by atoms with Gasteiger partial charge in [0.25, 0.3) is 0 Å². The molecule has 0 aliphatic carbocycles.